The van der Waals surface area contributed by atoms with E-state index in [0.29, 0.717) is 38.5 Å². The summed E-state index contributed by atoms with van der Waals surface area (Å²) >= 11 is 18.6. The monoisotopic (exact) mass is 496 g/mol. The molecule has 0 fully saturated rings. The summed E-state index contributed by atoms with van der Waals surface area (Å²) in [6.07, 6.45) is 0. The lowest BCUT2D eigenvalue weighted by Crippen LogP contribution is -2.10. The first-order chi connectivity index (χ1) is 11.4. The number of hydrogen-bond donors (Lipinski definition) is 0. The van der Waals surface area contributed by atoms with Crippen molar-refractivity contribution in [3.63, 3.8) is 0 Å². The number of methoxy groups -OCH3 is 1. The first kappa shape index (κ1) is 19.5. The molecule has 0 aromatic heterocycles. The molecular formula is C16H12Br2Cl2O4. The second-order valence-corrected chi connectivity index (χ2v) is 7.13. The molecule has 0 aliphatic carbocycles. The zero-order valence-electron chi connectivity index (χ0n) is 12.4. The molecule has 4 nitrogen and oxygen atoms in total. The minimum absolute atomic E-state index is 0.211. The fraction of sp³-hybridized carbons (Fsp3) is 0.188. The number of carbonyl (C=O) groups is 1. The molecule has 0 N–H and O–H groups in total. The molecule has 128 valence electrons. The lowest BCUT2D eigenvalue weighted by Gasteiger charge is -2.11. The highest BCUT2D eigenvalue weighted by molar-refractivity contribution is 9.11. The van der Waals surface area contributed by atoms with E-state index < -0.39 is 5.97 Å². The summed E-state index contributed by atoms with van der Waals surface area (Å²) in [5.41, 5.74) is 0.346. The van der Waals surface area contributed by atoms with Crippen LogP contribution in [0.1, 0.15) is 10.4 Å². The first-order valence-corrected chi connectivity index (χ1v) is 9.04. The molecule has 0 bridgehead atoms. The van der Waals surface area contributed by atoms with Gasteiger partial charge in [-0.2, -0.15) is 0 Å². The van der Waals surface area contributed by atoms with Crippen molar-refractivity contribution in [2.45, 2.75) is 0 Å². The lowest BCUT2D eigenvalue weighted by molar-refractivity contribution is 0.0733. The summed E-state index contributed by atoms with van der Waals surface area (Å²) in [5, 5.41) is 0.674. The SMILES string of the molecule is COCCOc1ccc(C(=O)Oc2c(Cl)cc(Cl)cc2Br)cc1Br. The molecule has 2 aromatic carbocycles. The van der Waals surface area contributed by atoms with Gasteiger partial charge in [0.05, 0.1) is 26.1 Å². The van der Waals surface area contributed by atoms with E-state index in [0.717, 1.165) is 0 Å². The van der Waals surface area contributed by atoms with E-state index in [4.69, 9.17) is 37.4 Å². The number of hydrogen-bond acceptors (Lipinski definition) is 4. The van der Waals surface area contributed by atoms with Crippen molar-refractivity contribution in [1.82, 2.24) is 0 Å². The van der Waals surface area contributed by atoms with Gasteiger partial charge in [0.25, 0.3) is 0 Å². The summed E-state index contributed by atoms with van der Waals surface area (Å²) in [6, 6.07) is 7.99. The van der Waals surface area contributed by atoms with Gasteiger partial charge in [-0.15, -0.1) is 0 Å². The van der Waals surface area contributed by atoms with Crippen LogP contribution in [-0.2, 0) is 4.74 Å². The van der Waals surface area contributed by atoms with Crippen LogP contribution in [-0.4, -0.2) is 26.3 Å². The maximum Gasteiger partial charge on any atom is 0.343 e. The Kier molecular flexibility index (Phi) is 7.37. The summed E-state index contributed by atoms with van der Waals surface area (Å²) < 4.78 is 16.9. The Bertz CT molecular complexity index is 730. The van der Waals surface area contributed by atoms with Gasteiger partial charge in [0.2, 0.25) is 0 Å². The second kappa shape index (κ2) is 9.06. The maximum atomic E-state index is 12.3. The third-order valence-corrected chi connectivity index (χ3v) is 4.58. The van der Waals surface area contributed by atoms with Gasteiger partial charge in [0.15, 0.2) is 5.75 Å². The van der Waals surface area contributed by atoms with E-state index in [1.165, 1.54) is 6.07 Å². The average molecular weight is 499 g/mol. The fourth-order valence-electron chi connectivity index (χ4n) is 1.76. The molecule has 0 saturated carbocycles. The molecule has 8 heteroatoms. The van der Waals surface area contributed by atoms with Crippen LogP contribution in [0.25, 0.3) is 0 Å². The highest BCUT2D eigenvalue weighted by Crippen LogP contribution is 2.36. The Morgan fingerprint density at radius 3 is 2.46 bits per heavy atom. The molecule has 2 aromatic rings. The Labute approximate surface area is 166 Å². The predicted octanol–water partition coefficient (Wildman–Crippen LogP) is 5.76. The Balaban J connectivity index is 2.14. The number of benzene rings is 2. The van der Waals surface area contributed by atoms with Gasteiger partial charge in [-0.25, -0.2) is 4.79 Å². The lowest BCUT2D eigenvalue weighted by atomic mass is 10.2. The first-order valence-electron chi connectivity index (χ1n) is 6.70. The molecule has 0 spiro atoms. The minimum Gasteiger partial charge on any atom is -0.490 e. The smallest absolute Gasteiger partial charge is 0.343 e. The van der Waals surface area contributed by atoms with Gasteiger partial charge in [0.1, 0.15) is 12.4 Å². The van der Waals surface area contributed by atoms with Gasteiger partial charge in [-0.1, -0.05) is 23.2 Å². The van der Waals surface area contributed by atoms with Crippen molar-refractivity contribution in [2.75, 3.05) is 20.3 Å². The second-order valence-electron chi connectivity index (χ2n) is 4.57. The molecule has 2 rings (SSSR count). The molecular weight excluding hydrogens is 487 g/mol. The molecule has 0 unspecified atom stereocenters. The van der Waals surface area contributed by atoms with Crippen LogP contribution < -0.4 is 9.47 Å². The van der Waals surface area contributed by atoms with Gasteiger partial charge in [0, 0.05) is 12.1 Å². The third-order valence-electron chi connectivity index (χ3n) is 2.87. The van der Waals surface area contributed by atoms with Crippen molar-refractivity contribution in [2.24, 2.45) is 0 Å². The molecule has 0 radical (unpaired) electrons. The highest BCUT2D eigenvalue weighted by atomic mass is 79.9. The number of carbonyl (C=O) groups excluding carboxylic acids is 1. The fourth-order valence-corrected chi connectivity index (χ4v) is 3.57. The molecule has 24 heavy (non-hydrogen) atoms. The normalized spacial score (nSPS) is 10.5. The van der Waals surface area contributed by atoms with Crippen LogP contribution in [0.2, 0.25) is 10.0 Å². The average Bonchev–Trinajstić information content (AvgIpc) is 2.52. The molecule has 0 aliphatic rings. The molecule has 0 heterocycles. The Morgan fingerprint density at radius 1 is 1.08 bits per heavy atom. The summed E-state index contributed by atoms with van der Waals surface area (Å²) in [5.74, 6) is 0.265. The van der Waals surface area contributed by atoms with Gasteiger partial charge in [-0.3, -0.25) is 0 Å². The van der Waals surface area contributed by atoms with E-state index in [9.17, 15) is 4.79 Å². The zero-order valence-corrected chi connectivity index (χ0v) is 17.1. The van der Waals surface area contributed by atoms with Crippen LogP contribution in [0, 0.1) is 0 Å². The third kappa shape index (κ3) is 5.10. The van der Waals surface area contributed by atoms with Gasteiger partial charge in [-0.05, 0) is 62.2 Å². The van der Waals surface area contributed by atoms with Crippen LogP contribution >= 0.6 is 55.1 Å². The molecule has 0 atom stereocenters. The highest BCUT2D eigenvalue weighted by Gasteiger charge is 2.16. The van der Waals surface area contributed by atoms with E-state index in [1.807, 2.05) is 0 Å². The Morgan fingerprint density at radius 2 is 1.83 bits per heavy atom. The quantitative estimate of drug-likeness (QED) is 0.288. The van der Waals surface area contributed by atoms with E-state index in [1.54, 1.807) is 31.4 Å². The van der Waals surface area contributed by atoms with E-state index in [-0.39, 0.29) is 10.8 Å². The van der Waals surface area contributed by atoms with Crippen LogP contribution in [0.4, 0.5) is 0 Å². The summed E-state index contributed by atoms with van der Waals surface area (Å²) in [4.78, 5) is 12.3. The Hall–Kier alpha value is -0.790. The zero-order chi connectivity index (χ0) is 17.7. The predicted molar refractivity (Wildman–Crippen MR) is 101 cm³/mol. The van der Waals surface area contributed by atoms with Crippen LogP contribution in [0.15, 0.2) is 39.3 Å². The van der Waals surface area contributed by atoms with Crippen LogP contribution in [0.5, 0.6) is 11.5 Å². The number of ether oxygens (including phenoxy) is 3. The summed E-state index contributed by atoms with van der Waals surface area (Å²) in [6.45, 7) is 0.881. The van der Waals surface area contributed by atoms with Crippen molar-refractivity contribution in [3.05, 3.63) is 54.9 Å². The largest absolute Gasteiger partial charge is 0.490 e. The van der Waals surface area contributed by atoms with E-state index >= 15 is 0 Å². The van der Waals surface area contributed by atoms with Crippen molar-refractivity contribution in [1.29, 1.82) is 0 Å². The number of halogens is 4. The maximum absolute atomic E-state index is 12.3. The van der Waals surface area contributed by atoms with Crippen molar-refractivity contribution in [3.8, 4) is 11.5 Å². The van der Waals surface area contributed by atoms with E-state index in [2.05, 4.69) is 31.9 Å². The van der Waals surface area contributed by atoms with Gasteiger partial charge < -0.3 is 14.2 Å². The minimum atomic E-state index is -0.552. The molecule has 0 amide bonds. The molecule has 0 aliphatic heterocycles. The summed E-state index contributed by atoms with van der Waals surface area (Å²) in [7, 11) is 1.59. The topological polar surface area (TPSA) is 44.8 Å². The van der Waals surface area contributed by atoms with Gasteiger partial charge >= 0.3 is 5.97 Å². The molecule has 0 saturated heterocycles. The van der Waals surface area contributed by atoms with Crippen LogP contribution in [0.3, 0.4) is 0 Å². The van der Waals surface area contributed by atoms with Crippen molar-refractivity contribution >= 4 is 61.0 Å². The number of esters is 1. The van der Waals surface area contributed by atoms with Crippen molar-refractivity contribution < 1.29 is 19.0 Å². The number of rotatable bonds is 6. The standard InChI is InChI=1S/C16H12Br2Cl2O4/c1-22-4-5-23-14-3-2-9(6-11(14)17)16(21)24-15-12(18)7-10(19)8-13(15)20/h2-3,6-8H,4-5H2,1H3.